The number of hydrogen-bond acceptors (Lipinski definition) is 6. The fraction of sp³-hybridized carbons (Fsp3) is 0.267. The van der Waals surface area contributed by atoms with Crippen molar-refractivity contribution in [2.75, 3.05) is 17.2 Å². The minimum atomic E-state index is -0.611. The first-order chi connectivity index (χ1) is 10.9. The fourth-order valence-corrected chi connectivity index (χ4v) is 2.10. The predicted molar refractivity (Wildman–Crippen MR) is 94.9 cm³/mol. The maximum atomic E-state index is 11.6. The molecule has 6 N–H and O–H groups in total. The van der Waals surface area contributed by atoms with Gasteiger partial charge in [0, 0.05) is 17.1 Å². The molecule has 0 saturated heterocycles. The molecule has 8 heteroatoms. The van der Waals surface area contributed by atoms with Crippen molar-refractivity contribution >= 4 is 39.0 Å². The average Bonchev–Trinajstić information content (AvgIpc) is 2.49. The minimum absolute atomic E-state index is 0.00184. The standard InChI is InChI=1S/C15H19BrN6O/c1-8(17)6-19-10-5-12(14(15(18)23)20-7-10)22-13-4-3-11(16)9(2)21-13/h3-5,7-8,19H,6,17H2,1-2H3,(H2,18,23)(H,21,22). The summed E-state index contributed by atoms with van der Waals surface area (Å²) in [6.45, 7) is 4.36. The normalized spacial score (nSPS) is 11.8. The van der Waals surface area contributed by atoms with E-state index >= 15 is 0 Å². The van der Waals surface area contributed by atoms with Crippen LogP contribution in [0.15, 0.2) is 28.9 Å². The zero-order chi connectivity index (χ0) is 17.0. The molecule has 0 saturated carbocycles. The number of hydrogen-bond donors (Lipinski definition) is 4. The number of rotatable bonds is 6. The van der Waals surface area contributed by atoms with Crippen molar-refractivity contribution in [3.05, 3.63) is 40.3 Å². The van der Waals surface area contributed by atoms with Gasteiger partial charge in [0.2, 0.25) is 0 Å². The highest BCUT2D eigenvalue weighted by Crippen LogP contribution is 2.24. The van der Waals surface area contributed by atoms with E-state index in [1.165, 1.54) is 0 Å². The summed E-state index contributed by atoms with van der Waals surface area (Å²) in [7, 11) is 0. The van der Waals surface area contributed by atoms with Crippen LogP contribution in [-0.2, 0) is 0 Å². The number of aromatic nitrogens is 2. The van der Waals surface area contributed by atoms with Gasteiger partial charge >= 0.3 is 0 Å². The number of nitrogens with two attached hydrogens (primary N) is 2. The Balaban J connectivity index is 2.31. The molecule has 0 bridgehead atoms. The van der Waals surface area contributed by atoms with Crippen LogP contribution in [0.3, 0.4) is 0 Å². The van der Waals surface area contributed by atoms with Gasteiger partial charge in [-0.05, 0) is 48.0 Å². The highest BCUT2D eigenvalue weighted by Gasteiger charge is 2.12. The Bertz CT molecular complexity index is 719. The van der Waals surface area contributed by atoms with Crippen LogP contribution in [0, 0.1) is 6.92 Å². The number of nitrogens with zero attached hydrogens (tertiary/aromatic N) is 2. The number of anilines is 3. The molecule has 2 heterocycles. The van der Waals surface area contributed by atoms with Gasteiger partial charge in [-0.3, -0.25) is 4.79 Å². The second-order valence-electron chi connectivity index (χ2n) is 5.23. The average molecular weight is 379 g/mol. The van der Waals surface area contributed by atoms with E-state index in [0.717, 1.165) is 15.9 Å². The quantitative estimate of drug-likeness (QED) is 0.611. The number of amides is 1. The molecule has 2 aromatic rings. The van der Waals surface area contributed by atoms with E-state index < -0.39 is 5.91 Å². The van der Waals surface area contributed by atoms with Gasteiger partial charge in [-0.15, -0.1) is 0 Å². The number of primary amides is 1. The van der Waals surface area contributed by atoms with E-state index in [1.54, 1.807) is 18.3 Å². The molecule has 1 unspecified atom stereocenters. The lowest BCUT2D eigenvalue weighted by molar-refractivity contribution is 0.0996. The molecular weight excluding hydrogens is 360 g/mol. The Kier molecular flexibility index (Phi) is 5.51. The van der Waals surface area contributed by atoms with Crippen molar-refractivity contribution in [1.29, 1.82) is 0 Å². The van der Waals surface area contributed by atoms with Crippen molar-refractivity contribution in [2.45, 2.75) is 19.9 Å². The SMILES string of the molecule is Cc1nc(Nc2cc(NCC(C)N)cnc2C(N)=O)ccc1Br. The summed E-state index contributed by atoms with van der Waals surface area (Å²) in [5.41, 5.74) is 13.3. The van der Waals surface area contributed by atoms with Crippen molar-refractivity contribution in [3.63, 3.8) is 0 Å². The lowest BCUT2D eigenvalue weighted by Crippen LogP contribution is -2.25. The van der Waals surface area contributed by atoms with Crippen LogP contribution in [0.25, 0.3) is 0 Å². The van der Waals surface area contributed by atoms with Crippen LogP contribution in [0.4, 0.5) is 17.2 Å². The third-order valence-corrected chi connectivity index (χ3v) is 3.87. The van der Waals surface area contributed by atoms with Gasteiger partial charge in [0.1, 0.15) is 5.82 Å². The first-order valence-corrected chi connectivity index (χ1v) is 7.85. The lowest BCUT2D eigenvalue weighted by Gasteiger charge is -2.13. The number of pyridine rings is 2. The van der Waals surface area contributed by atoms with Crippen LogP contribution in [0.5, 0.6) is 0 Å². The molecule has 0 aliphatic carbocycles. The Morgan fingerprint density at radius 2 is 2.17 bits per heavy atom. The molecule has 2 aromatic heterocycles. The largest absolute Gasteiger partial charge is 0.382 e. The second kappa shape index (κ2) is 7.38. The van der Waals surface area contributed by atoms with E-state index in [2.05, 4.69) is 36.5 Å². The molecule has 0 aromatic carbocycles. The molecule has 1 atom stereocenters. The summed E-state index contributed by atoms with van der Waals surface area (Å²) in [6, 6.07) is 5.43. The summed E-state index contributed by atoms with van der Waals surface area (Å²) in [5.74, 6) is -0.0144. The van der Waals surface area contributed by atoms with E-state index in [1.807, 2.05) is 19.9 Å². The summed E-state index contributed by atoms with van der Waals surface area (Å²) in [6.07, 6.45) is 1.55. The molecule has 23 heavy (non-hydrogen) atoms. The van der Waals surface area contributed by atoms with Crippen molar-refractivity contribution in [2.24, 2.45) is 11.5 Å². The molecule has 0 spiro atoms. The van der Waals surface area contributed by atoms with Crippen LogP contribution in [0.1, 0.15) is 23.1 Å². The maximum absolute atomic E-state index is 11.6. The first-order valence-electron chi connectivity index (χ1n) is 7.06. The van der Waals surface area contributed by atoms with E-state index in [4.69, 9.17) is 11.5 Å². The third kappa shape index (κ3) is 4.64. The highest BCUT2D eigenvalue weighted by molar-refractivity contribution is 9.10. The van der Waals surface area contributed by atoms with Gasteiger partial charge in [-0.25, -0.2) is 9.97 Å². The molecule has 2 rings (SSSR count). The van der Waals surface area contributed by atoms with Crippen LogP contribution < -0.4 is 22.1 Å². The van der Waals surface area contributed by atoms with Crippen LogP contribution in [0.2, 0.25) is 0 Å². The summed E-state index contributed by atoms with van der Waals surface area (Å²) in [5, 5.41) is 6.23. The van der Waals surface area contributed by atoms with Crippen molar-refractivity contribution in [1.82, 2.24) is 9.97 Å². The van der Waals surface area contributed by atoms with Gasteiger partial charge in [-0.2, -0.15) is 0 Å². The van der Waals surface area contributed by atoms with Gasteiger partial charge in [0.15, 0.2) is 5.69 Å². The first kappa shape index (κ1) is 17.2. The Morgan fingerprint density at radius 3 is 2.78 bits per heavy atom. The Hall–Kier alpha value is -2.19. The maximum Gasteiger partial charge on any atom is 0.269 e. The molecule has 0 radical (unpaired) electrons. The molecular formula is C15H19BrN6O. The highest BCUT2D eigenvalue weighted by atomic mass is 79.9. The van der Waals surface area contributed by atoms with E-state index in [-0.39, 0.29) is 11.7 Å². The fourth-order valence-electron chi connectivity index (χ4n) is 1.88. The smallest absolute Gasteiger partial charge is 0.269 e. The lowest BCUT2D eigenvalue weighted by atomic mass is 10.2. The summed E-state index contributed by atoms with van der Waals surface area (Å²) in [4.78, 5) is 20.1. The predicted octanol–water partition coefficient (Wildman–Crippen LogP) is 2.15. The topological polar surface area (TPSA) is 119 Å². The summed E-state index contributed by atoms with van der Waals surface area (Å²) >= 11 is 3.40. The monoisotopic (exact) mass is 378 g/mol. The number of nitrogens with one attached hydrogen (secondary N) is 2. The number of carbonyl (C=O) groups is 1. The summed E-state index contributed by atoms with van der Waals surface area (Å²) < 4.78 is 0.906. The van der Waals surface area contributed by atoms with Gasteiger partial charge in [-0.1, -0.05) is 0 Å². The molecule has 0 aliphatic rings. The third-order valence-electron chi connectivity index (χ3n) is 3.03. The zero-order valence-corrected chi connectivity index (χ0v) is 14.5. The second-order valence-corrected chi connectivity index (χ2v) is 6.09. The molecule has 0 aliphatic heterocycles. The van der Waals surface area contributed by atoms with Crippen LogP contribution in [-0.4, -0.2) is 28.5 Å². The van der Waals surface area contributed by atoms with Gasteiger partial charge < -0.3 is 22.1 Å². The zero-order valence-electron chi connectivity index (χ0n) is 12.9. The number of aryl methyl sites for hydroxylation is 1. The molecule has 1 amide bonds. The van der Waals surface area contributed by atoms with Crippen LogP contribution >= 0.6 is 15.9 Å². The minimum Gasteiger partial charge on any atom is -0.382 e. The Morgan fingerprint density at radius 1 is 1.43 bits per heavy atom. The number of carbonyl (C=O) groups excluding carboxylic acids is 1. The molecule has 7 nitrogen and oxygen atoms in total. The van der Waals surface area contributed by atoms with Gasteiger partial charge in [0.05, 0.1) is 23.3 Å². The van der Waals surface area contributed by atoms with Crippen molar-refractivity contribution in [3.8, 4) is 0 Å². The van der Waals surface area contributed by atoms with Gasteiger partial charge in [0.25, 0.3) is 5.91 Å². The van der Waals surface area contributed by atoms with Crippen molar-refractivity contribution < 1.29 is 4.79 Å². The molecule has 0 fully saturated rings. The molecule has 122 valence electrons. The van der Waals surface area contributed by atoms with E-state index in [9.17, 15) is 4.79 Å². The van der Waals surface area contributed by atoms with E-state index in [0.29, 0.717) is 18.1 Å². The number of halogens is 1. The Labute approximate surface area is 143 Å².